The lowest BCUT2D eigenvalue weighted by Crippen LogP contribution is -2.41. The normalized spacial score (nSPS) is 16.7. The van der Waals surface area contributed by atoms with Crippen molar-refractivity contribution < 1.29 is 9.53 Å². The second-order valence-electron chi connectivity index (χ2n) is 4.59. The second-order valence-corrected chi connectivity index (χ2v) is 4.59. The lowest BCUT2D eigenvalue weighted by Gasteiger charge is -2.33. The highest BCUT2D eigenvalue weighted by atomic mass is 16.5. The van der Waals surface area contributed by atoms with Gasteiger partial charge in [0.05, 0.1) is 12.7 Å². The van der Waals surface area contributed by atoms with Crippen molar-refractivity contribution in [1.82, 2.24) is 5.32 Å². The number of piperidine rings is 1. The van der Waals surface area contributed by atoms with Gasteiger partial charge in [0.15, 0.2) is 0 Å². The first-order chi connectivity index (χ1) is 8.74. The zero-order chi connectivity index (χ0) is 13.0. The van der Waals surface area contributed by atoms with E-state index in [0.29, 0.717) is 11.6 Å². The standard InChI is InChI=1S/C14H20N2O2/c1-15-12-7-9-16(10-8-12)13-5-3-11(4-6-13)14(17)18-2/h3-6,12,15H,7-10H2,1-2H3. The van der Waals surface area contributed by atoms with Crippen molar-refractivity contribution in [3.8, 4) is 0 Å². The van der Waals surface area contributed by atoms with Gasteiger partial charge in [0.2, 0.25) is 0 Å². The van der Waals surface area contributed by atoms with Crippen molar-refractivity contribution in [2.75, 3.05) is 32.1 Å². The van der Waals surface area contributed by atoms with Gasteiger partial charge < -0.3 is 15.0 Å². The zero-order valence-electron chi connectivity index (χ0n) is 11.0. The maximum absolute atomic E-state index is 11.3. The van der Waals surface area contributed by atoms with Crippen LogP contribution in [0.25, 0.3) is 0 Å². The number of ether oxygens (including phenoxy) is 1. The fraction of sp³-hybridized carbons (Fsp3) is 0.500. The molecule has 1 aliphatic rings. The Balaban J connectivity index is 2.00. The summed E-state index contributed by atoms with van der Waals surface area (Å²) in [7, 11) is 3.42. The number of carbonyl (C=O) groups is 1. The Morgan fingerprint density at radius 1 is 1.28 bits per heavy atom. The monoisotopic (exact) mass is 248 g/mol. The van der Waals surface area contributed by atoms with E-state index in [0.717, 1.165) is 25.9 Å². The fourth-order valence-electron chi connectivity index (χ4n) is 2.35. The summed E-state index contributed by atoms with van der Waals surface area (Å²) in [5.74, 6) is -0.282. The number of nitrogens with one attached hydrogen (secondary N) is 1. The number of methoxy groups -OCH3 is 1. The predicted molar refractivity (Wildman–Crippen MR) is 72.1 cm³/mol. The zero-order valence-corrected chi connectivity index (χ0v) is 11.0. The van der Waals surface area contributed by atoms with E-state index in [1.54, 1.807) is 0 Å². The molecule has 1 aliphatic heterocycles. The summed E-state index contributed by atoms with van der Waals surface area (Å²) in [6.45, 7) is 2.12. The summed E-state index contributed by atoms with van der Waals surface area (Å²) in [5, 5.41) is 3.32. The molecule has 1 aromatic rings. The molecule has 4 heteroatoms. The third kappa shape index (κ3) is 2.82. The number of nitrogens with zero attached hydrogens (tertiary/aromatic N) is 1. The minimum absolute atomic E-state index is 0.282. The van der Waals surface area contributed by atoms with E-state index >= 15 is 0 Å². The number of hydrogen-bond acceptors (Lipinski definition) is 4. The van der Waals surface area contributed by atoms with Crippen molar-refractivity contribution in [1.29, 1.82) is 0 Å². The van der Waals surface area contributed by atoms with Crippen LogP contribution in [0.2, 0.25) is 0 Å². The van der Waals surface area contributed by atoms with Crippen molar-refractivity contribution in [2.45, 2.75) is 18.9 Å². The van der Waals surface area contributed by atoms with Crippen molar-refractivity contribution in [3.05, 3.63) is 29.8 Å². The molecule has 1 saturated heterocycles. The Hall–Kier alpha value is -1.55. The molecule has 4 nitrogen and oxygen atoms in total. The first-order valence-corrected chi connectivity index (χ1v) is 6.35. The molecule has 0 atom stereocenters. The first kappa shape index (κ1) is 12.9. The molecular weight excluding hydrogens is 228 g/mol. The molecule has 1 fully saturated rings. The lowest BCUT2D eigenvalue weighted by atomic mass is 10.0. The summed E-state index contributed by atoms with van der Waals surface area (Å²) < 4.78 is 4.69. The van der Waals surface area contributed by atoms with Gasteiger partial charge >= 0.3 is 5.97 Å². The highest BCUT2D eigenvalue weighted by Gasteiger charge is 2.18. The molecule has 1 N–H and O–H groups in total. The summed E-state index contributed by atoms with van der Waals surface area (Å²) in [4.78, 5) is 13.7. The molecule has 1 heterocycles. The minimum Gasteiger partial charge on any atom is -0.465 e. The Morgan fingerprint density at radius 2 is 1.89 bits per heavy atom. The molecule has 0 saturated carbocycles. The van der Waals surface area contributed by atoms with Gasteiger partial charge in [-0.15, -0.1) is 0 Å². The first-order valence-electron chi connectivity index (χ1n) is 6.35. The summed E-state index contributed by atoms with van der Waals surface area (Å²) in [5.41, 5.74) is 1.78. The van der Waals surface area contributed by atoms with Gasteiger partial charge in [0, 0.05) is 24.8 Å². The van der Waals surface area contributed by atoms with E-state index in [1.165, 1.54) is 12.8 Å². The second kappa shape index (κ2) is 5.87. The number of benzene rings is 1. The Bertz CT molecular complexity index is 395. The van der Waals surface area contributed by atoms with Crippen LogP contribution in [-0.2, 0) is 4.74 Å². The molecule has 0 aliphatic carbocycles. The van der Waals surface area contributed by atoms with Gasteiger partial charge in [-0.2, -0.15) is 0 Å². The average Bonchev–Trinajstić information content (AvgIpc) is 2.47. The van der Waals surface area contributed by atoms with E-state index in [9.17, 15) is 4.79 Å². The SMILES string of the molecule is CNC1CCN(c2ccc(C(=O)OC)cc2)CC1. The molecule has 0 unspecified atom stereocenters. The quantitative estimate of drug-likeness (QED) is 0.826. The van der Waals surface area contributed by atoms with Gasteiger partial charge in [-0.05, 0) is 44.2 Å². The molecule has 0 radical (unpaired) electrons. The predicted octanol–water partition coefficient (Wildman–Crippen LogP) is 1.66. The van der Waals surface area contributed by atoms with Crippen LogP contribution < -0.4 is 10.2 Å². The number of hydrogen-bond donors (Lipinski definition) is 1. The molecular formula is C14H20N2O2. The highest BCUT2D eigenvalue weighted by Crippen LogP contribution is 2.20. The molecule has 98 valence electrons. The van der Waals surface area contributed by atoms with Crippen LogP contribution in [0.4, 0.5) is 5.69 Å². The Kier molecular flexibility index (Phi) is 4.20. The van der Waals surface area contributed by atoms with Crippen LogP contribution >= 0.6 is 0 Å². The molecule has 1 aromatic carbocycles. The topological polar surface area (TPSA) is 41.6 Å². The molecule has 0 bridgehead atoms. The number of rotatable bonds is 3. The van der Waals surface area contributed by atoms with Gasteiger partial charge in [0.1, 0.15) is 0 Å². The van der Waals surface area contributed by atoms with Crippen LogP contribution in [-0.4, -0.2) is 39.3 Å². The van der Waals surface area contributed by atoms with Crippen LogP contribution in [0, 0.1) is 0 Å². The smallest absolute Gasteiger partial charge is 0.337 e. The van der Waals surface area contributed by atoms with Crippen molar-refractivity contribution in [2.24, 2.45) is 0 Å². The third-order valence-electron chi connectivity index (χ3n) is 3.56. The summed E-state index contributed by atoms with van der Waals surface area (Å²) in [6.07, 6.45) is 2.32. The minimum atomic E-state index is -0.282. The molecule has 0 spiro atoms. The molecule has 0 aromatic heterocycles. The molecule has 18 heavy (non-hydrogen) atoms. The third-order valence-corrected chi connectivity index (χ3v) is 3.56. The lowest BCUT2D eigenvalue weighted by molar-refractivity contribution is 0.0601. The van der Waals surface area contributed by atoms with Crippen molar-refractivity contribution >= 4 is 11.7 Å². The van der Waals surface area contributed by atoms with Gasteiger partial charge in [-0.3, -0.25) is 0 Å². The number of carbonyl (C=O) groups excluding carboxylic acids is 1. The summed E-state index contributed by atoms with van der Waals surface area (Å²) >= 11 is 0. The van der Waals surface area contributed by atoms with E-state index < -0.39 is 0 Å². The maximum atomic E-state index is 11.3. The van der Waals surface area contributed by atoms with Gasteiger partial charge in [0.25, 0.3) is 0 Å². The van der Waals surface area contributed by atoms with E-state index in [2.05, 4.69) is 15.0 Å². The average molecular weight is 248 g/mol. The maximum Gasteiger partial charge on any atom is 0.337 e. The van der Waals surface area contributed by atoms with Crippen LogP contribution in [0.1, 0.15) is 23.2 Å². The summed E-state index contributed by atoms with van der Waals surface area (Å²) in [6, 6.07) is 8.27. The largest absolute Gasteiger partial charge is 0.465 e. The van der Waals surface area contributed by atoms with Crippen LogP contribution in [0.15, 0.2) is 24.3 Å². The highest BCUT2D eigenvalue weighted by molar-refractivity contribution is 5.89. The molecule has 0 amide bonds. The van der Waals surface area contributed by atoms with E-state index in [-0.39, 0.29) is 5.97 Å². The number of anilines is 1. The number of esters is 1. The Labute approximate surface area is 108 Å². The van der Waals surface area contributed by atoms with E-state index in [1.807, 2.05) is 31.3 Å². The van der Waals surface area contributed by atoms with Crippen LogP contribution in [0.3, 0.4) is 0 Å². The van der Waals surface area contributed by atoms with Crippen molar-refractivity contribution in [3.63, 3.8) is 0 Å². The van der Waals surface area contributed by atoms with Crippen LogP contribution in [0.5, 0.6) is 0 Å². The van der Waals surface area contributed by atoms with Gasteiger partial charge in [-0.1, -0.05) is 0 Å². The van der Waals surface area contributed by atoms with Gasteiger partial charge in [-0.25, -0.2) is 4.79 Å². The van der Waals surface area contributed by atoms with E-state index in [4.69, 9.17) is 0 Å². The molecule has 2 rings (SSSR count). The Morgan fingerprint density at radius 3 is 2.39 bits per heavy atom. The fourth-order valence-corrected chi connectivity index (χ4v) is 2.35.